The van der Waals surface area contributed by atoms with E-state index in [-0.39, 0.29) is 21.5 Å². The lowest BCUT2D eigenvalue weighted by Crippen LogP contribution is -2.50. The van der Waals surface area contributed by atoms with E-state index < -0.39 is 26.1 Å². The van der Waals surface area contributed by atoms with E-state index in [2.05, 4.69) is 39.6 Å². The molecule has 2 saturated heterocycles. The maximum absolute atomic E-state index is 14.0. The molecular weight excluding hydrogens is 802 g/mol. The SMILES string of the molecule is C[C@H](C(=O)N1CCN(c2ccc(S(=O)(=O)Nc3nccs3)cn2)CC1)n1ccc2c(F)cccc21.O=S(=O)(Nc1nccs1)c1ccc(N2CCNCC2)nc1. The van der Waals surface area contributed by atoms with Crippen LogP contribution in [0.25, 0.3) is 10.9 Å². The Kier molecular flexibility index (Phi) is 11.8. The maximum atomic E-state index is 14.0. The van der Waals surface area contributed by atoms with Crippen molar-refractivity contribution in [1.82, 2.24) is 34.7 Å². The summed E-state index contributed by atoms with van der Waals surface area (Å²) < 4.78 is 70.1. The standard InChI is InChI=1S/C23H23FN6O3S2.C12H15N5O2S2/c1-16(30-9-7-18-19(24)3-2-4-20(18)30)22(31)29-12-10-28(11-13-29)21-6-5-17(15-26-21)35(32,33)27-23-25-8-14-34-23;18-21(19,16-12-14-5-8-20-12)10-1-2-11(15-9-10)17-6-3-13-4-7-17/h2-9,14-16H,10-13H2,1H3,(H,25,27);1-2,5,8-9,13H,3-4,6-7H2,(H,14,16)/t16-;/m1./s1. The van der Waals surface area contributed by atoms with E-state index >= 15 is 0 Å². The first-order valence-electron chi connectivity index (χ1n) is 17.5. The fourth-order valence-electron chi connectivity index (χ4n) is 6.25. The normalized spacial score (nSPS) is 15.6. The van der Waals surface area contributed by atoms with E-state index in [1.54, 1.807) is 63.0 Å². The number of piperazine rings is 2. The number of aromatic nitrogens is 5. The van der Waals surface area contributed by atoms with Crippen LogP contribution in [-0.2, 0) is 24.8 Å². The molecule has 3 N–H and O–H groups in total. The molecule has 56 heavy (non-hydrogen) atoms. The average molecular weight is 840 g/mol. The molecule has 21 heteroatoms. The van der Waals surface area contributed by atoms with Gasteiger partial charge in [0.1, 0.15) is 33.3 Å². The molecule has 0 radical (unpaired) electrons. The van der Waals surface area contributed by atoms with Gasteiger partial charge < -0.3 is 24.6 Å². The minimum absolute atomic E-state index is 0.0333. The van der Waals surface area contributed by atoms with Crippen LogP contribution in [0.15, 0.2) is 100 Å². The molecule has 0 spiro atoms. The second kappa shape index (κ2) is 16.9. The van der Waals surface area contributed by atoms with Crippen LogP contribution in [-0.4, -0.2) is 105 Å². The summed E-state index contributed by atoms with van der Waals surface area (Å²) in [6, 6.07) is 12.6. The highest BCUT2D eigenvalue weighted by atomic mass is 32.2. The van der Waals surface area contributed by atoms with Crippen molar-refractivity contribution in [3.63, 3.8) is 0 Å². The number of rotatable bonds is 10. The highest BCUT2D eigenvalue weighted by Crippen LogP contribution is 2.25. The van der Waals surface area contributed by atoms with Gasteiger partial charge in [0, 0.05) is 99.5 Å². The summed E-state index contributed by atoms with van der Waals surface area (Å²) in [7, 11) is -7.39. The second-order valence-corrected chi connectivity index (χ2v) is 17.9. The third-order valence-electron chi connectivity index (χ3n) is 9.21. The zero-order valence-corrected chi connectivity index (χ0v) is 33.3. The van der Waals surface area contributed by atoms with Gasteiger partial charge in [-0.2, -0.15) is 0 Å². The van der Waals surface area contributed by atoms with Gasteiger partial charge in [-0.05, 0) is 49.4 Å². The van der Waals surface area contributed by atoms with Crippen LogP contribution in [0.4, 0.5) is 26.3 Å². The van der Waals surface area contributed by atoms with Crippen molar-refractivity contribution >= 4 is 81.4 Å². The Hall–Kier alpha value is -5.22. The largest absolute Gasteiger partial charge is 0.354 e. The smallest absolute Gasteiger partial charge is 0.265 e. The molecule has 2 aliphatic heterocycles. The lowest BCUT2D eigenvalue weighted by atomic mass is 10.2. The highest BCUT2D eigenvalue weighted by molar-refractivity contribution is 7.93. The van der Waals surface area contributed by atoms with Crippen molar-refractivity contribution in [1.29, 1.82) is 0 Å². The van der Waals surface area contributed by atoms with Crippen LogP contribution in [0, 0.1) is 5.82 Å². The number of carbonyl (C=O) groups is 1. The van der Waals surface area contributed by atoms with Crippen molar-refractivity contribution in [2.24, 2.45) is 0 Å². The van der Waals surface area contributed by atoms with Crippen LogP contribution in [0.1, 0.15) is 13.0 Å². The Balaban J connectivity index is 0.000000195. The highest BCUT2D eigenvalue weighted by Gasteiger charge is 2.28. The molecule has 0 saturated carbocycles. The van der Waals surface area contributed by atoms with Gasteiger partial charge in [0.05, 0.1) is 5.52 Å². The van der Waals surface area contributed by atoms with Crippen LogP contribution >= 0.6 is 22.7 Å². The summed E-state index contributed by atoms with van der Waals surface area (Å²) in [5.41, 5.74) is 0.688. The number of amides is 1. The Labute approximate surface area is 331 Å². The number of nitrogens with zero attached hydrogens (tertiary/aromatic N) is 8. The Bertz CT molecular complexity index is 2450. The predicted octanol–water partition coefficient (Wildman–Crippen LogP) is 4.09. The van der Waals surface area contributed by atoms with Crippen LogP contribution in [0.3, 0.4) is 0 Å². The Morgan fingerprint density at radius 2 is 1.30 bits per heavy atom. The number of anilines is 4. The quantitative estimate of drug-likeness (QED) is 0.180. The molecular formula is C35H38FN11O5S4. The summed E-state index contributed by atoms with van der Waals surface area (Å²) in [4.78, 5) is 35.7. The number of halogens is 1. The number of hydrogen-bond donors (Lipinski definition) is 3. The first-order chi connectivity index (χ1) is 27.0. The zero-order valence-electron chi connectivity index (χ0n) is 30.0. The molecule has 0 bridgehead atoms. The number of benzene rings is 1. The fourth-order valence-corrected chi connectivity index (χ4v) is 9.72. The number of fused-ring (bicyclic) bond motifs is 1. The summed E-state index contributed by atoms with van der Waals surface area (Å²) in [6.07, 6.45) is 7.52. The minimum atomic E-state index is -3.76. The summed E-state index contributed by atoms with van der Waals surface area (Å²) in [5, 5.41) is 7.80. The molecule has 7 heterocycles. The topological polar surface area (TPSA) is 188 Å². The summed E-state index contributed by atoms with van der Waals surface area (Å²) in [6.45, 7) is 7.52. The van der Waals surface area contributed by atoms with Gasteiger partial charge >= 0.3 is 0 Å². The second-order valence-electron chi connectivity index (χ2n) is 12.7. The maximum Gasteiger partial charge on any atom is 0.265 e. The van der Waals surface area contributed by atoms with Crippen LogP contribution < -0.4 is 24.6 Å². The van der Waals surface area contributed by atoms with E-state index in [4.69, 9.17) is 0 Å². The first kappa shape index (κ1) is 39.0. The molecule has 2 aliphatic rings. The zero-order chi connectivity index (χ0) is 39.3. The summed E-state index contributed by atoms with van der Waals surface area (Å²) >= 11 is 2.43. The molecule has 1 atom stereocenters. The van der Waals surface area contributed by atoms with E-state index in [0.717, 1.165) is 32.0 Å². The van der Waals surface area contributed by atoms with E-state index in [1.807, 2.05) is 17.9 Å². The van der Waals surface area contributed by atoms with Gasteiger partial charge in [-0.3, -0.25) is 14.2 Å². The predicted molar refractivity (Wildman–Crippen MR) is 215 cm³/mol. The van der Waals surface area contributed by atoms with Gasteiger partial charge in [0.15, 0.2) is 10.3 Å². The van der Waals surface area contributed by atoms with E-state index in [9.17, 15) is 26.0 Å². The number of thiazole rings is 2. The van der Waals surface area contributed by atoms with Gasteiger partial charge in [0.25, 0.3) is 20.0 Å². The third-order valence-corrected chi connectivity index (χ3v) is 13.5. The Morgan fingerprint density at radius 1 is 0.750 bits per heavy atom. The molecule has 0 unspecified atom stereocenters. The van der Waals surface area contributed by atoms with Crippen LogP contribution in [0.2, 0.25) is 0 Å². The van der Waals surface area contributed by atoms with Crippen molar-refractivity contribution in [3.05, 3.63) is 96.1 Å². The van der Waals surface area contributed by atoms with Gasteiger partial charge in [-0.15, -0.1) is 22.7 Å². The van der Waals surface area contributed by atoms with E-state index in [1.165, 1.54) is 53.4 Å². The third kappa shape index (κ3) is 8.91. The molecule has 2 fully saturated rings. The average Bonchev–Trinajstić information content (AvgIpc) is 4.02. The van der Waals surface area contributed by atoms with Gasteiger partial charge in [-0.25, -0.2) is 41.2 Å². The molecule has 1 aromatic carbocycles. The molecule has 1 amide bonds. The molecule has 0 aliphatic carbocycles. The molecule has 5 aromatic heterocycles. The summed E-state index contributed by atoms with van der Waals surface area (Å²) in [5.74, 6) is 1.10. The fraction of sp³-hybridized carbons (Fsp3) is 0.286. The number of nitrogens with one attached hydrogen (secondary N) is 3. The molecule has 6 aromatic rings. The number of carbonyl (C=O) groups excluding carboxylic acids is 1. The minimum Gasteiger partial charge on any atom is -0.354 e. The van der Waals surface area contributed by atoms with Crippen molar-refractivity contribution < 1.29 is 26.0 Å². The van der Waals surface area contributed by atoms with Crippen LogP contribution in [0.5, 0.6) is 0 Å². The number of hydrogen-bond acceptors (Lipinski definition) is 14. The lowest BCUT2D eigenvalue weighted by Gasteiger charge is -2.36. The molecule has 8 rings (SSSR count). The lowest BCUT2D eigenvalue weighted by molar-refractivity contribution is -0.134. The van der Waals surface area contributed by atoms with Gasteiger partial charge in [-0.1, -0.05) is 6.07 Å². The number of pyridine rings is 2. The van der Waals surface area contributed by atoms with Crippen molar-refractivity contribution in [2.45, 2.75) is 22.8 Å². The Morgan fingerprint density at radius 3 is 1.80 bits per heavy atom. The monoisotopic (exact) mass is 839 g/mol. The van der Waals surface area contributed by atoms with Crippen molar-refractivity contribution in [2.75, 3.05) is 71.6 Å². The first-order valence-corrected chi connectivity index (χ1v) is 22.2. The molecule has 16 nitrogen and oxygen atoms in total. The van der Waals surface area contributed by atoms with Crippen molar-refractivity contribution in [3.8, 4) is 0 Å². The number of sulfonamides is 2. The molecule has 294 valence electrons. The van der Waals surface area contributed by atoms with Gasteiger partial charge in [0.2, 0.25) is 5.91 Å². The van der Waals surface area contributed by atoms with E-state index in [0.29, 0.717) is 53.2 Å².